The van der Waals surface area contributed by atoms with Crippen molar-refractivity contribution in [2.45, 2.75) is 32.0 Å². The molecule has 0 radical (unpaired) electrons. The van der Waals surface area contributed by atoms with Crippen LogP contribution in [0.25, 0.3) is 0 Å². The average molecular weight is 426 g/mol. The molecule has 1 aliphatic heterocycles. The molecule has 1 fully saturated rings. The minimum atomic E-state index is -4.57. The molecule has 1 heterocycles. The quantitative estimate of drug-likeness (QED) is 0.714. The maximum atomic E-state index is 13.1. The fourth-order valence-corrected chi connectivity index (χ4v) is 3.40. The van der Waals surface area contributed by atoms with Crippen LogP contribution in [0.3, 0.4) is 0 Å². The number of hydrogen-bond donors (Lipinski definition) is 2. The van der Waals surface area contributed by atoms with Crippen LogP contribution in [0.4, 0.5) is 30.2 Å². The third kappa shape index (κ3) is 4.82. The number of benzene rings is 2. The molecule has 0 bridgehead atoms. The first-order valence-electron chi connectivity index (χ1n) is 9.00. The Morgan fingerprint density at radius 1 is 1.21 bits per heavy atom. The summed E-state index contributed by atoms with van der Waals surface area (Å²) in [4.78, 5) is 25.8. The van der Waals surface area contributed by atoms with Gasteiger partial charge in [0.15, 0.2) is 0 Å². The first kappa shape index (κ1) is 21.0. The zero-order valence-electron chi connectivity index (χ0n) is 15.5. The highest BCUT2D eigenvalue weighted by molar-refractivity contribution is 6.34. The van der Waals surface area contributed by atoms with Crippen LogP contribution in [-0.4, -0.2) is 24.4 Å². The van der Waals surface area contributed by atoms with Gasteiger partial charge >= 0.3 is 6.18 Å². The molecule has 1 aliphatic rings. The van der Waals surface area contributed by atoms with Gasteiger partial charge in [-0.2, -0.15) is 13.2 Å². The molecule has 9 heteroatoms. The summed E-state index contributed by atoms with van der Waals surface area (Å²) in [6, 6.07) is 8.88. The average Bonchev–Trinajstić information content (AvgIpc) is 3.07. The highest BCUT2D eigenvalue weighted by atomic mass is 35.5. The predicted molar refractivity (Wildman–Crippen MR) is 106 cm³/mol. The summed E-state index contributed by atoms with van der Waals surface area (Å²) in [5, 5.41) is 5.56. The van der Waals surface area contributed by atoms with Crippen LogP contribution in [0.15, 0.2) is 42.5 Å². The van der Waals surface area contributed by atoms with E-state index in [0.717, 1.165) is 12.5 Å². The van der Waals surface area contributed by atoms with Crippen molar-refractivity contribution in [2.24, 2.45) is 0 Å². The number of para-hydroxylation sites is 1. The maximum absolute atomic E-state index is 13.1. The fraction of sp³-hybridized carbons (Fsp3) is 0.300. The molecule has 0 aromatic heterocycles. The van der Waals surface area contributed by atoms with Crippen LogP contribution in [0, 0.1) is 0 Å². The van der Waals surface area contributed by atoms with Gasteiger partial charge in [-0.15, -0.1) is 0 Å². The van der Waals surface area contributed by atoms with Crippen LogP contribution in [-0.2, 0) is 15.8 Å². The number of nitrogens with zero attached hydrogens (tertiary/aromatic N) is 1. The Morgan fingerprint density at radius 3 is 2.55 bits per heavy atom. The first-order valence-corrected chi connectivity index (χ1v) is 9.38. The Hall–Kier alpha value is -2.74. The van der Waals surface area contributed by atoms with Gasteiger partial charge in [-0.3, -0.25) is 9.59 Å². The van der Waals surface area contributed by atoms with Crippen molar-refractivity contribution in [3.8, 4) is 0 Å². The predicted octanol–water partition coefficient (Wildman–Crippen LogP) is 4.92. The SMILES string of the molecule is C[C@H](Nc1ccc(N2CCCC2=O)c(Cl)c1)C(=O)Nc1ccccc1C(F)(F)F. The molecule has 2 aromatic carbocycles. The van der Waals surface area contributed by atoms with Gasteiger partial charge in [0, 0.05) is 18.7 Å². The number of carbonyl (C=O) groups is 2. The van der Waals surface area contributed by atoms with Gasteiger partial charge in [-0.05, 0) is 43.7 Å². The van der Waals surface area contributed by atoms with E-state index in [1.54, 1.807) is 23.1 Å². The maximum Gasteiger partial charge on any atom is 0.418 e. The minimum Gasteiger partial charge on any atom is -0.374 e. The molecule has 29 heavy (non-hydrogen) atoms. The Kier molecular flexibility index (Phi) is 6.02. The molecule has 0 saturated carbocycles. The normalized spacial score (nSPS) is 15.3. The fourth-order valence-electron chi connectivity index (χ4n) is 3.11. The van der Waals surface area contributed by atoms with E-state index in [2.05, 4.69) is 10.6 Å². The number of hydrogen-bond acceptors (Lipinski definition) is 3. The van der Waals surface area contributed by atoms with E-state index in [4.69, 9.17) is 11.6 Å². The Bertz CT molecular complexity index is 933. The largest absolute Gasteiger partial charge is 0.418 e. The van der Waals surface area contributed by atoms with Crippen molar-refractivity contribution in [1.29, 1.82) is 0 Å². The topological polar surface area (TPSA) is 61.4 Å². The van der Waals surface area contributed by atoms with Crippen molar-refractivity contribution < 1.29 is 22.8 Å². The van der Waals surface area contributed by atoms with Crippen LogP contribution in [0.2, 0.25) is 5.02 Å². The molecule has 1 atom stereocenters. The number of carbonyl (C=O) groups excluding carboxylic acids is 2. The Balaban J connectivity index is 1.69. The molecule has 1 saturated heterocycles. The molecule has 2 aromatic rings. The lowest BCUT2D eigenvalue weighted by Crippen LogP contribution is -2.32. The Morgan fingerprint density at radius 2 is 1.93 bits per heavy atom. The van der Waals surface area contributed by atoms with Crippen LogP contribution in [0.5, 0.6) is 0 Å². The van der Waals surface area contributed by atoms with Crippen LogP contribution in [0.1, 0.15) is 25.3 Å². The van der Waals surface area contributed by atoms with Crippen molar-refractivity contribution in [3.63, 3.8) is 0 Å². The van der Waals surface area contributed by atoms with Gasteiger partial charge < -0.3 is 15.5 Å². The summed E-state index contributed by atoms with van der Waals surface area (Å²) < 4.78 is 39.2. The number of halogens is 4. The van der Waals surface area contributed by atoms with E-state index in [9.17, 15) is 22.8 Å². The summed E-state index contributed by atoms with van der Waals surface area (Å²) in [6.45, 7) is 2.13. The summed E-state index contributed by atoms with van der Waals surface area (Å²) in [6.07, 6.45) is -3.32. The highest BCUT2D eigenvalue weighted by Gasteiger charge is 2.34. The summed E-state index contributed by atoms with van der Waals surface area (Å²) in [7, 11) is 0. The van der Waals surface area contributed by atoms with Gasteiger partial charge in [-0.1, -0.05) is 23.7 Å². The second kappa shape index (κ2) is 8.32. The van der Waals surface area contributed by atoms with Crippen LogP contribution < -0.4 is 15.5 Å². The number of anilines is 3. The lowest BCUT2D eigenvalue weighted by Gasteiger charge is -2.20. The molecule has 0 spiro atoms. The smallest absolute Gasteiger partial charge is 0.374 e. The Labute approximate surface area is 170 Å². The van der Waals surface area contributed by atoms with Crippen LogP contribution >= 0.6 is 11.6 Å². The zero-order valence-corrected chi connectivity index (χ0v) is 16.3. The van der Waals surface area contributed by atoms with Crippen molar-refractivity contribution in [1.82, 2.24) is 0 Å². The van der Waals surface area contributed by atoms with E-state index >= 15 is 0 Å². The molecule has 3 rings (SSSR count). The van der Waals surface area contributed by atoms with Gasteiger partial charge in [0.25, 0.3) is 0 Å². The first-order chi connectivity index (χ1) is 13.7. The van der Waals surface area contributed by atoms with Gasteiger partial charge in [0.2, 0.25) is 11.8 Å². The third-order valence-electron chi connectivity index (χ3n) is 4.58. The van der Waals surface area contributed by atoms with E-state index in [1.165, 1.54) is 25.1 Å². The number of alkyl halides is 3. The van der Waals surface area contributed by atoms with Crippen molar-refractivity contribution >= 4 is 40.5 Å². The van der Waals surface area contributed by atoms with E-state index in [0.29, 0.717) is 29.4 Å². The summed E-state index contributed by atoms with van der Waals surface area (Å²) >= 11 is 6.28. The number of rotatable bonds is 5. The lowest BCUT2D eigenvalue weighted by atomic mass is 10.1. The van der Waals surface area contributed by atoms with E-state index in [1.807, 2.05) is 0 Å². The lowest BCUT2D eigenvalue weighted by molar-refractivity contribution is -0.137. The highest BCUT2D eigenvalue weighted by Crippen LogP contribution is 2.35. The number of nitrogens with one attached hydrogen (secondary N) is 2. The van der Waals surface area contributed by atoms with Crippen molar-refractivity contribution in [3.05, 3.63) is 53.1 Å². The van der Waals surface area contributed by atoms with E-state index < -0.39 is 23.7 Å². The molecule has 2 N–H and O–H groups in total. The molecular formula is C20H19ClF3N3O2. The summed E-state index contributed by atoms with van der Waals surface area (Å²) in [5.41, 5.74) is -0.115. The zero-order chi connectivity index (χ0) is 21.2. The molecule has 0 unspecified atom stereocenters. The molecule has 0 aliphatic carbocycles. The van der Waals surface area contributed by atoms with E-state index in [-0.39, 0.29) is 11.6 Å². The minimum absolute atomic E-state index is 0.00341. The monoisotopic (exact) mass is 425 g/mol. The van der Waals surface area contributed by atoms with Gasteiger partial charge in [-0.25, -0.2) is 0 Å². The number of amides is 2. The summed E-state index contributed by atoms with van der Waals surface area (Å²) in [5.74, 6) is -0.625. The molecule has 2 amide bonds. The molecule has 5 nitrogen and oxygen atoms in total. The standard InChI is InChI=1S/C20H19ClF3N3O2/c1-12(19(29)26-16-6-3-2-5-14(16)20(22,23)24)25-13-8-9-17(15(21)11-13)27-10-4-7-18(27)28/h2-3,5-6,8-9,11-12,25H,4,7,10H2,1H3,(H,26,29)/t12-/m0/s1. The molecule has 154 valence electrons. The van der Waals surface area contributed by atoms with Gasteiger partial charge in [0.05, 0.1) is 22.0 Å². The molecular weight excluding hydrogens is 407 g/mol. The second-order valence-corrected chi connectivity index (χ2v) is 7.12. The van der Waals surface area contributed by atoms with Crippen molar-refractivity contribution in [2.75, 3.05) is 22.1 Å². The van der Waals surface area contributed by atoms with Gasteiger partial charge in [0.1, 0.15) is 6.04 Å². The second-order valence-electron chi connectivity index (χ2n) is 6.71. The third-order valence-corrected chi connectivity index (χ3v) is 4.88.